The van der Waals surface area contributed by atoms with E-state index in [1.807, 2.05) is 0 Å². The minimum atomic E-state index is 0.981. The molecular formula is C18H24N18. The Labute approximate surface area is 204 Å². The number of benzene rings is 1. The van der Waals surface area contributed by atoms with Crippen LogP contribution in [0.1, 0.15) is 16.7 Å². The maximum atomic E-state index is 3.41. The lowest BCUT2D eigenvalue weighted by Crippen LogP contribution is -2.71. The van der Waals surface area contributed by atoms with Gasteiger partial charge in [0, 0.05) is 0 Å². The highest BCUT2D eigenvalue weighted by Crippen LogP contribution is 2.10. The number of aromatic nitrogens is 12. The van der Waals surface area contributed by atoms with Gasteiger partial charge in [0.2, 0.25) is 0 Å². The standard InChI is InChI=1S/C15H18N6.3CHN4/c1-2-17-13(16-1)10-7-11(14-18-3-4-19-14)9-12(8-10)15-20-5-6-21-15;3*1-2-4-5-3-1/h7-9H,1-6H2,(H,16,17)(H,18,19)(H,20,21);3*1H/q;3*-1/p+3. The fourth-order valence-corrected chi connectivity index (χ4v) is 3.33. The topological polar surface area (TPSA) is 236 Å². The number of tetrazole rings is 3. The van der Waals surface area contributed by atoms with E-state index in [0.717, 1.165) is 56.8 Å². The quantitative estimate of drug-likeness (QED) is 0.156. The van der Waals surface area contributed by atoms with Gasteiger partial charge in [-0.1, -0.05) is 0 Å². The van der Waals surface area contributed by atoms with Gasteiger partial charge < -0.3 is 15.3 Å². The summed E-state index contributed by atoms with van der Waals surface area (Å²) in [4.78, 5) is 10.2. The molecule has 36 heavy (non-hydrogen) atoms. The van der Waals surface area contributed by atoms with Gasteiger partial charge >= 0.3 is 0 Å². The SMILES string of the molecule is c1c(C2=[NH+]CCN2)cc(C2=[NH+]CCN2)cc1C1=[NH+]CCN1.c1nnn[n-]1.c1nnn[n-]1.c1nnn[n-]1. The van der Waals surface area contributed by atoms with Crippen LogP contribution >= 0.6 is 0 Å². The Morgan fingerprint density at radius 1 is 0.528 bits per heavy atom. The summed E-state index contributed by atoms with van der Waals surface area (Å²) < 4.78 is 0. The zero-order valence-electron chi connectivity index (χ0n) is 19.1. The van der Waals surface area contributed by atoms with Gasteiger partial charge in [-0.15, -0.1) is 0 Å². The first-order chi connectivity index (χ1) is 17.9. The van der Waals surface area contributed by atoms with Crippen molar-refractivity contribution in [2.45, 2.75) is 0 Å². The molecule has 0 unspecified atom stereocenters. The molecule has 3 aliphatic rings. The van der Waals surface area contributed by atoms with Gasteiger partial charge in [0.25, 0.3) is 17.5 Å². The summed E-state index contributed by atoms with van der Waals surface area (Å²) in [5, 5.41) is 48.4. The molecule has 6 N–H and O–H groups in total. The van der Waals surface area contributed by atoms with Crippen LogP contribution in [0.2, 0.25) is 0 Å². The summed E-state index contributed by atoms with van der Waals surface area (Å²) >= 11 is 0. The average molecular weight is 493 g/mol. The number of hydrogen-bond acceptors (Lipinski definition) is 12. The summed E-state index contributed by atoms with van der Waals surface area (Å²) in [6.45, 7) is 5.89. The van der Waals surface area contributed by atoms with Gasteiger partial charge in [-0.25, -0.2) is 0 Å². The van der Waals surface area contributed by atoms with Crippen LogP contribution in [0.15, 0.2) is 37.2 Å². The van der Waals surface area contributed by atoms with E-state index in [1.54, 1.807) is 0 Å². The zero-order chi connectivity index (χ0) is 24.7. The Kier molecular flexibility index (Phi) is 9.01. The zero-order valence-corrected chi connectivity index (χ0v) is 19.1. The average Bonchev–Trinajstić information content (AvgIpc) is 3.81. The summed E-state index contributed by atoms with van der Waals surface area (Å²) in [5.41, 5.74) is 3.60. The summed E-state index contributed by atoms with van der Waals surface area (Å²) in [6, 6.07) is 6.67. The fraction of sp³-hybridized carbons (Fsp3) is 0.333. The van der Waals surface area contributed by atoms with Crippen LogP contribution in [0.3, 0.4) is 0 Å². The second-order valence-electron chi connectivity index (χ2n) is 7.06. The predicted octanol–water partition coefficient (Wildman–Crippen LogP) is -9.54. The van der Waals surface area contributed by atoms with E-state index in [2.05, 4.69) is 111 Å². The number of hydrogen-bond donors (Lipinski definition) is 6. The molecule has 0 fully saturated rings. The highest BCUT2D eigenvalue weighted by molar-refractivity contribution is 6.05. The predicted molar refractivity (Wildman–Crippen MR) is 120 cm³/mol. The van der Waals surface area contributed by atoms with E-state index in [4.69, 9.17) is 0 Å². The second-order valence-corrected chi connectivity index (χ2v) is 7.06. The van der Waals surface area contributed by atoms with E-state index in [0.29, 0.717) is 0 Å². The molecule has 0 saturated carbocycles. The lowest BCUT2D eigenvalue weighted by molar-refractivity contribution is -0.444. The molecule has 0 spiro atoms. The van der Waals surface area contributed by atoms with Crippen molar-refractivity contribution >= 4 is 17.5 Å². The normalized spacial score (nSPS) is 15.2. The van der Waals surface area contributed by atoms with E-state index >= 15 is 0 Å². The molecular weight excluding hydrogens is 468 g/mol. The summed E-state index contributed by atoms with van der Waals surface area (Å²) in [5.74, 6) is 3.36. The van der Waals surface area contributed by atoms with E-state index < -0.39 is 0 Å². The van der Waals surface area contributed by atoms with E-state index in [9.17, 15) is 0 Å². The summed E-state index contributed by atoms with van der Waals surface area (Å²) in [7, 11) is 0. The van der Waals surface area contributed by atoms with Crippen LogP contribution in [-0.4, -0.2) is 103 Å². The molecule has 1 aromatic carbocycles. The van der Waals surface area contributed by atoms with Crippen molar-refractivity contribution in [1.29, 1.82) is 0 Å². The molecule has 18 nitrogen and oxygen atoms in total. The molecule has 3 aliphatic heterocycles. The van der Waals surface area contributed by atoms with Crippen molar-refractivity contribution in [3.8, 4) is 0 Å². The van der Waals surface area contributed by atoms with Crippen LogP contribution in [-0.2, 0) is 0 Å². The third-order valence-corrected chi connectivity index (χ3v) is 4.72. The first kappa shape index (κ1) is 24.0. The molecule has 0 radical (unpaired) electrons. The Morgan fingerprint density at radius 2 is 0.861 bits per heavy atom. The van der Waals surface area contributed by atoms with Crippen LogP contribution < -0.4 is 46.2 Å². The Bertz CT molecular complexity index is 994. The van der Waals surface area contributed by atoms with Gasteiger partial charge in [0.1, 0.15) is 39.3 Å². The monoisotopic (exact) mass is 492 g/mol. The van der Waals surface area contributed by atoms with Crippen molar-refractivity contribution in [1.82, 2.24) is 77.8 Å². The molecule has 0 bridgehead atoms. The molecule has 6 heterocycles. The molecule has 4 aromatic rings. The maximum Gasteiger partial charge on any atom is 0.275 e. The van der Waals surface area contributed by atoms with Crippen molar-refractivity contribution in [3.05, 3.63) is 53.9 Å². The fourth-order valence-electron chi connectivity index (χ4n) is 3.33. The van der Waals surface area contributed by atoms with Crippen LogP contribution in [0.25, 0.3) is 0 Å². The highest BCUT2D eigenvalue weighted by Gasteiger charge is 2.24. The van der Waals surface area contributed by atoms with E-state index in [-0.39, 0.29) is 0 Å². The van der Waals surface area contributed by atoms with Crippen LogP contribution in [0.5, 0.6) is 0 Å². The molecule has 3 aromatic heterocycles. The third-order valence-electron chi connectivity index (χ3n) is 4.72. The molecule has 0 atom stereocenters. The van der Waals surface area contributed by atoms with Gasteiger partial charge in [-0.2, -0.15) is 15.6 Å². The van der Waals surface area contributed by atoms with E-state index in [1.165, 1.54) is 35.7 Å². The maximum absolute atomic E-state index is 3.41. The van der Waals surface area contributed by atoms with Gasteiger partial charge in [0.15, 0.2) is 0 Å². The van der Waals surface area contributed by atoms with Crippen molar-refractivity contribution in [2.24, 2.45) is 0 Å². The number of rotatable bonds is 3. The molecule has 0 amide bonds. The molecule has 0 aliphatic carbocycles. The highest BCUT2D eigenvalue weighted by atomic mass is 15.5. The van der Waals surface area contributed by atoms with Crippen molar-refractivity contribution < 1.29 is 15.0 Å². The second kappa shape index (κ2) is 13.5. The molecule has 18 heteroatoms. The van der Waals surface area contributed by atoms with Crippen molar-refractivity contribution in [2.75, 3.05) is 39.3 Å². The molecule has 0 saturated heterocycles. The number of nitrogens with zero attached hydrogens (tertiary/aromatic N) is 12. The van der Waals surface area contributed by atoms with Gasteiger partial charge in [-0.3, -0.25) is 61.9 Å². The third kappa shape index (κ3) is 7.43. The minimum absolute atomic E-state index is 0.981. The molecule has 7 rings (SSSR count). The van der Waals surface area contributed by atoms with Crippen molar-refractivity contribution in [3.63, 3.8) is 0 Å². The number of nitrogens with one attached hydrogen (secondary N) is 6. The Morgan fingerprint density at radius 3 is 1.03 bits per heavy atom. The molecule has 186 valence electrons. The Hall–Kier alpha value is -5.16. The van der Waals surface area contributed by atoms with Crippen LogP contribution in [0.4, 0.5) is 0 Å². The smallest absolute Gasteiger partial charge is 0.275 e. The lowest BCUT2D eigenvalue weighted by atomic mass is 10.0. The minimum Gasteiger partial charge on any atom is -0.339 e. The van der Waals surface area contributed by atoms with Crippen LogP contribution in [0, 0.1) is 0 Å². The number of amidine groups is 3. The summed E-state index contributed by atoms with van der Waals surface area (Å²) in [6.07, 6.45) is 3.83. The lowest BCUT2D eigenvalue weighted by Gasteiger charge is -2.04. The first-order valence-electron chi connectivity index (χ1n) is 11.0. The first-order valence-corrected chi connectivity index (χ1v) is 11.0. The largest absolute Gasteiger partial charge is 0.339 e. The Balaban J connectivity index is 0.000000163. The van der Waals surface area contributed by atoms with Gasteiger partial charge in [-0.05, 0) is 37.2 Å². The van der Waals surface area contributed by atoms with Gasteiger partial charge in [0.05, 0.1) is 16.7 Å².